The van der Waals surface area contributed by atoms with Crippen molar-refractivity contribution in [3.05, 3.63) is 30.4 Å². The van der Waals surface area contributed by atoms with Gasteiger partial charge in [-0.25, -0.2) is 9.97 Å². The topological polar surface area (TPSA) is 33.4 Å². The zero-order chi connectivity index (χ0) is 15.5. The van der Waals surface area contributed by atoms with Gasteiger partial charge in [-0.1, -0.05) is 38.5 Å². The minimum absolute atomic E-state index is 0.768. The van der Waals surface area contributed by atoms with Gasteiger partial charge in [-0.2, -0.15) is 0 Å². The lowest BCUT2D eigenvalue weighted by Gasteiger charge is -2.41. The quantitative estimate of drug-likeness (QED) is 0.848. The van der Waals surface area contributed by atoms with Crippen LogP contribution < -0.4 is 0 Å². The van der Waals surface area contributed by atoms with Crippen LogP contribution in [0, 0.1) is 0 Å². The zero-order valence-electron chi connectivity index (χ0n) is 14.0. The van der Waals surface area contributed by atoms with Crippen molar-refractivity contribution >= 4 is 5.78 Å². The molecule has 23 heavy (non-hydrogen) atoms. The summed E-state index contributed by atoms with van der Waals surface area (Å²) in [6, 6.07) is 3.51. The largest absolute Gasteiger partial charge is 0.292 e. The van der Waals surface area contributed by atoms with Gasteiger partial charge in [-0.05, 0) is 31.7 Å². The summed E-state index contributed by atoms with van der Waals surface area (Å²) < 4.78 is 2.05. The van der Waals surface area contributed by atoms with Crippen LogP contribution in [0.1, 0.15) is 69.9 Å². The molecule has 0 saturated heterocycles. The SMILES string of the molecule is c1cnc2nc(CN(C3CCCCC3)C3CCCCC3)cn2c1. The van der Waals surface area contributed by atoms with E-state index in [0.29, 0.717) is 0 Å². The average Bonchev–Trinajstić information content (AvgIpc) is 3.04. The highest BCUT2D eigenvalue weighted by atomic mass is 15.2. The predicted octanol–water partition coefficient (Wildman–Crippen LogP) is 4.20. The fourth-order valence-corrected chi connectivity index (χ4v) is 4.52. The lowest BCUT2D eigenvalue weighted by molar-refractivity contribution is 0.0720. The van der Waals surface area contributed by atoms with E-state index in [1.54, 1.807) is 0 Å². The van der Waals surface area contributed by atoms with Crippen molar-refractivity contribution < 1.29 is 0 Å². The lowest BCUT2D eigenvalue weighted by atomic mass is 9.88. The van der Waals surface area contributed by atoms with Gasteiger partial charge in [0, 0.05) is 37.2 Å². The van der Waals surface area contributed by atoms with E-state index in [-0.39, 0.29) is 0 Å². The Morgan fingerprint density at radius 1 is 0.957 bits per heavy atom. The number of fused-ring (bicyclic) bond motifs is 1. The molecule has 0 aromatic carbocycles. The Hall–Kier alpha value is -1.42. The highest BCUT2D eigenvalue weighted by Gasteiger charge is 2.29. The Morgan fingerprint density at radius 2 is 1.61 bits per heavy atom. The molecule has 2 aliphatic rings. The molecule has 2 saturated carbocycles. The van der Waals surface area contributed by atoms with E-state index in [0.717, 1.165) is 24.4 Å². The van der Waals surface area contributed by atoms with Crippen LogP contribution in [-0.2, 0) is 6.54 Å². The molecular weight excluding hydrogens is 284 g/mol. The van der Waals surface area contributed by atoms with Crippen LogP contribution >= 0.6 is 0 Å². The summed E-state index contributed by atoms with van der Waals surface area (Å²) in [5, 5.41) is 0. The second-order valence-electron chi connectivity index (χ2n) is 7.32. The van der Waals surface area contributed by atoms with Crippen molar-refractivity contribution in [2.45, 2.75) is 82.8 Å². The van der Waals surface area contributed by atoms with Gasteiger partial charge in [0.1, 0.15) is 0 Å². The highest BCUT2D eigenvalue weighted by molar-refractivity contribution is 5.29. The van der Waals surface area contributed by atoms with Gasteiger partial charge in [0.25, 0.3) is 0 Å². The first-order valence-corrected chi connectivity index (χ1v) is 9.44. The molecule has 2 aliphatic carbocycles. The normalized spacial score (nSPS) is 21.3. The zero-order valence-corrected chi connectivity index (χ0v) is 14.0. The maximum absolute atomic E-state index is 4.75. The Labute approximate surface area is 138 Å². The molecular formula is C19H28N4. The molecule has 0 bridgehead atoms. The maximum atomic E-state index is 4.75. The van der Waals surface area contributed by atoms with Gasteiger partial charge in [0.05, 0.1) is 5.69 Å². The van der Waals surface area contributed by atoms with Crippen molar-refractivity contribution in [1.82, 2.24) is 19.3 Å². The first-order chi connectivity index (χ1) is 11.4. The monoisotopic (exact) mass is 312 g/mol. The number of hydrogen-bond acceptors (Lipinski definition) is 3. The third-order valence-corrected chi connectivity index (χ3v) is 5.72. The molecule has 4 heteroatoms. The predicted molar refractivity (Wildman–Crippen MR) is 92.3 cm³/mol. The van der Waals surface area contributed by atoms with E-state index < -0.39 is 0 Å². The smallest absolute Gasteiger partial charge is 0.233 e. The van der Waals surface area contributed by atoms with Gasteiger partial charge in [-0.15, -0.1) is 0 Å². The van der Waals surface area contributed by atoms with Gasteiger partial charge in [0.15, 0.2) is 0 Å². The molecule has 0 amide bonds. The number of hydrogen-bond donors (Lipinski definition) is 0. The minimum atomic E-state index is 0.768. The summed E-state index contributed by atoms with van der Waals surface area (Å²) >= 11 is 0. The summed E-state index contributed by atoms with van der Waals surface area (Å²) in [6.45, 7) is 0.999. The molecule has 4 nitrogen and oxygen atoms in total. The second-order valence-corrected chi connectivity index (χ2v) is 7.32. The first kappa shape index (κ1) is 15.1. The van der Waals surface area contributed by atoms with Crippen LogP contribution in [0.3, 0.4) is 0 Å². The molecule has 0 radical (unpaired) electrons. The molecule has 0 unspecified atom stereocenters. The third kappa shape index (κ3) is 3.42. The summed E-state index contributed by atoms with van der Waals surface area (Å²) in [5.41, 5.74) is 1.18. The van der Waals surface area contributed by atoms with E-state index >= 15 is 0 Å². The fraction of sp³-hybridized carbons (Fsp3) is 0.684. The summed E-state index contributed by atoms with van der Waals surface area (Å²) in [5.74, 6) is 0.828. The van der Waals surface area contributed by atoms with Crippen LogP contribution in [0.2, 0.25) is 0 Å². The molecule has 2 aromatic heterocycles. The molecule has 0 N–H and O–H groups in total. The molecule has 4 rings (SSSR count). The van der Waals surface area contributed by atoms with E-state index in [9.17, 15) is 0 Å². The number of imidazole rings is 1. The third-order valence-electron chi connectivity index (χ3n) is 5.72. The highest BCUT2D eigenvalue weighted by Crippen LogP contribution is 2.31. The van der Waals surface area contributed by atoms with Gasteiger partial charge >= 0.3 is 0 Å². The molecule has 2 heterocycles. The second kappa shape index (κ2) is 7.00. The van der Waals surface area contributed by atoms with Crippen molar-refractivity contribution in [3.8, 4) is 0 Å². The Bertz CT molecular complexity index is 572. The van der Waals surface area contributed by atoms with Gasteiger partial charge < -0.3 is 0 Å². The van der Waals surface area contributed by atoms with Crippen molar-refractivity contribution in [2.75, 3.05) is 0 Å². The number of nitrogens with zero attached hydrogens (tertiary/aromatic N) is 4. The maximum Gasteiger partial charge on any atom is 0.233 e. The number of rotatable bonds is 4. The van der Waals surface area contributed by atoms with Gasteiger partial charge in [-0.3, -0.25) is 9.30 Å². The fourth-order valence-electron chi connectivity index (χ4n) is 4.52. The summed E-state index contributed by atoms with van der Waals surface area (Å²) in [4.78, 5) is 11.9. The molecule has 0 aliphatic heterocycles. The summed E-state index contributed by atoms with van der Waals surface area (Å²) in [6.07, 6.45) is 20.0. The molecule has 0 atom stereocenters. The van der Waals surface area contributed by atoms with E-state index in [1.807, 2.05) is 18.5 Å². The molecule has 2 aromatic rings. The van der Waals surface area contributed by atoms with Crippen LogP contribution in [0.5, 0.6) is 0 Å². The Kier molecular flexibility index (Phi) is 4.60. The van der Waals surface area contributed by atoms with Crippen molar-refractivity contribution in [3.63, 3.8) is 0 Å². The van der Waals surface area contributed by atoms with E-state index in [1.165, 1.54) is 69.9 Å². The van der Waals surface area contributed by atoms with Gasteiger partial charge in [0.2, 0.25) is 5.78 Å². The van der Waals surface area contributed by atoms with E-state index in [4.69, 9.17) is 4.98 Å². The molecule has 124 valence electrons. The molecule has 0 spiro atoms. The van der Waals surface area contributed by atoms with Crippen LogP contribution in [0.25, 0.3) is 5.78 Å². The Balaban J connectivity index is 1.55. The average molecular weight is 312 g/mol. The Morgan fingerprint density at radius 3 is 2.22 bits per heavy atom. The van der Waals surface area contributed by atoms with Crippen molar-refractivity contribution in [2.24, 2.45) is 0 Å². The van der Waals surface area contributed by atoms with Crippen LogP contribution in [0.15, 0.2) is 24.7 Å². The minimum Gasteiger partial charge on any atom is -0.292 e. The van der Waals surface area contributed by atoms with Crippen LogP contribution in [0.4, 0.5) is 0 Å². The lowest BCUT2D eigenvalue weighted by Crippen LogP contribution is -2.44. The van der Waals surface area contributed by atoms with E-state index in [2.05, 4.69) is 20.5 Å². The standard InChI is InChI=1S/C19H28N4/c1-3-8-17(9-4-1)23(18-10-5-2-6-11-18)15-16-14-22-13-7-12-20-19(22)21-16/h7,12-14,17-18H,1-6,8-11,15H2. The first-order valence-electron chi connectivity index (χ1n) is 9.44. The van der Waals surface area contributed by atoms with Crippen molar-refractivity contribution in [1.29, 1.82) is 0 Å². The summed E-state index contributed by atoms with van der Waals surface area (Å²) in [7, 11) is 0. The molecule has 2 fully saturated rings. The number of aromatic nitrogens is 3. The van der Waals surface area contributed by atoms with Crippen LogP contribution in [-0.4, -0.2) is 31.4 Å².